The Morgan fingerprint density at radius 1 is 0.972 bits per heavy atom. The Labute approximate surface area is 413 Å². The van der Waals surface area contributed by atoms with Crippen molar-refractivity contribution >= 4 is 55.4 Å². The van der Waals surface area contributed by atoms with Crippen molar-refractivity contribution in [2.75, 3.05) is 54.6 Å². The average Bonchev–Trinajstić information content (AvgIpc) is 4.06. The van der Waals surface area contributed by atoms with E-state index in [1.54, 1.807) is 6.07 Å². The number of rotatable bonds is 10. The number of piperidine rings is 1. The van der Waals surface area contributed by atoms with Gasteiger partial charge in [-0.05, 0) is 130 Å². The summed E-state index contributed by atoms with van der Waals surface area (Å²) < 4.78 is 49.7. The van der Waals surface area contributed by atoms with E-state index in [1.807, 2.05) is 35.4 Å². The van der Waals surface area contributed by atoms with Crippen LogP contribution in [-0.2, 0) is 21.2 Å². The topological polar surface area (TPSA) is 205 Å². The lowest BCUT2D eigenvalue weighted by Crippen LogP contribution is -2.55. The maximum Gasteiger partial charge on any atom is 0.297 e. The highest BCUT2D eigenvalue weighted by Crippen LogP contribution is 2.55. The number of benzene rings is 3. The van der Waals surface area contributed by atoms with E-state index in [0.29, 0.717) is 67.5 Å². The van der Waals surface area contributed by atoms with Crippen LogP contribution < -0.4 is 29.3 Å². The van der Waals surface area contributed by atoms with Gasteiger partial charge in [0.1, 0.15) is 24.0 Å². The molecule has 5 aromatic rings. The average molecular weight is 987 g/mol. The molecule has 3 saturated heterocycles. The minimum atomic E-state index is -4.70. The predicted octanol–water partition coefficient (Wildman–Crippen LogP) is 8.15. The number of carbonyl (C=O) groups excluding carboxylic acids is 1. The van der Waals surface area contributed by atoms with E-state index in [0.717, 1.165) is 68.9 Å². The first-order valence-corrected chi connectivity index (χ1v) is 27.1. The number of nitrogens with zero attached hydrogens (tertiary/aromatic N) is 5. The summed E-state index contributed by atoms with van der Waals surface area (Å²) in [7, 11) is -4.70. The summed E-state index contributed by atoms with van der Waals surface area (Å²) in [6.45, 7) is 6.03. The highest BCUT2D eigenvalue weighted by molar-refractivity contribution is 7.90. The van der Waals surface area contributed by atoms with Crippen molar-refractivity contribution < 1.29 is 37.5 Å². The van der Waals surface area contributed by atoms with E-state index >= 15 is 0 Å². The first-order chi connectivity index (χ1) is 34.4. The molecular weight excluding hydrogens is 925 g/mol. The second kappa shape index (κ2) is 18.3. The molecule has 0 bridgehead atoms. The number of aliphatic hydroxyl groups excluding tert-OH is 1. The van der Waals surface area contributed by atoms with Gasteiger partial charge in [-0.3, -0.25) is 19.8 Å². The Morgan fingerprint density at radius 2 is 1.79 bits per heavy atom. The van der Waals surface area contributed by atoms with E-state index in [-0.39, 0.29) is 59.2 Å². The second-order valence-electron chi connectivity index (χ2n) is 21.0. The number of carbonyl (C=O) groups is 1. The molecular formula is C53H62N8O9S. The first-order valence-electron chi connectivity index (χ1n) is 25.7. The van der Waals surface area contributed by atoms with Crippen molar-refractivity contribution in [3.05, 3.63) is 99.7 Å². The summed E-state index contributed by atoms with van der Waals surface area (Å²) in [5.74, 6) is -0.372. The van der Waals surface area contributed by atoms with E-state index in [2.05, 4.69) is 56.0 Å². The summed E-state index contributed by atoms with van der Waals surface area (Å²) in [5, 5.41) is 26.7. The fourth-order valence-corrected chi connectivity index (χ4v) is 14.1. The number of ether oxygens (including phenoxy) is 3. The Balaban J connectivity index is 0.837. The quantitative estimate of drug-likeness (QED) is 0.0771. The molecule has 2 aliphatic carbocycles. The Bertz CT molecular complexity index is 2980. The van der Waals surface area contributed by atoms with Crippen LogP contribution in [-0.4, -0.2) is 109 Å². The molecule has 12 rings (SSSR count). The van der Waals surface area contributed by atoms with E-state index < -0.39 is 31.4 Å². The number of aliphatic hydroxyl groups is 1. The number of sulfonamides is 1. The normalized spacial score (nSPS) is 26.3. The van der Waals surface area contributed by atoms with Crippen LogP contribution in [0.5, 0.6) is 11.6 Å². The highest BCUT2D eigenvalue weighted by atomic mass is 32.2. The number of fused-ring (bicyclic) bond motifs is 4. The van der Waals surface area contributed by atoms with E-state index in [9.17, 15) is 28.4 Å². The lowest BCUT2D eigenvalue weighted by atomic mass is 9.59. The number of pyridine rings is 1. The van der Waals surface area contributed by atoms with Gasteiger partial charge in [0.25, 0.3) is 21.6 Å². The molecule has 3 aromatic carbocycles. The number of aryl methyl sites for hydroxylation is 1. The lowest BCUT2D eigenvalue weighted by Gasteiger charge is -2.56. The van der Waals surface area contributed by atoms with E-state index in [4.69, 9.17) is 19.2 Å². The van der Waals surface area contributed by atoms with Crippen LogP contribution in [0.25, 0.3) is 11.0 Å². The summed E-state index contributed by atoms with van der Waals surface area (Å²) >= 11 is 0. The van der Waals surface area contributed by atoms with Crippen LogP contribution in [0.1, 0.15) is 105 Å². The third-order valence-electron chi connectivity index (χ3n) is 17.0. The van der Waals surface area contributed by atoms with Crippen LogP contribution >= 0.6 is 0 Å². The maximum absolute atomic E-state index is 14.8. The standard InChI is InChI=1S/C53H62N8O9S/c1-2-32-6-3-4-7-39(32)42-8-5-20-59(42)36-28-53(29-36)17-21-58(22-18-53)35-11-14-40(43(25-35)60-45-24-34-15-19-54-50(34)56-52(45)70-47-16-23-68-31-46(47)60)51(63)57-71(66,67)38-26-44(61(64)65)49-48(27-38)69-30-41(55-49)33-9-12-37(62)13-10-33/h3-4,6-7,11,14-15,19,24-27,33,36-37,41-42,46-47,55,62H,2,5,8-10,12-13,16-18,20-23,28-31H2,1H3,(H,54,56)(H,57,63)/t33?,37?,41-,42-,46-,47-/m0/s1. The van der Waals surface area contributed by atoms with Crippen molar-refractivity contribution in [1.29, 1.82) is 0 Å². The van der Waals surface area contributed by atoms with Gasteiger partial charge in [0.05, 0.1) is 52.5 Å². The van der Waals surface area contributed by atoms with Gasteiger partial charge in [0.15, 0.2) is 11.4 Å². The van der Waals surface area contributed by atoms with Gasteiger partial charge in [-0.25, -0.2) is 13.1 Å². The number of amides is 1. The molecule has 71 heavy (non-hydrogen) atoms. The van der Waals surface area contributed by atoms with Crippen LogP contribution in [0.2, 0.25) is 0 Å². The van der Waals surface area contributed by atoms with Crippen molar-refractivity contribution in [1.82, 2.24) is 19.6 Å². The number of aromatic amines is 1. The molecule has 5 aliphatic heterocycles. The van der Waals surface area contributed by atoms with Crippen LogP contribution in [0.3, 0.4) is 0 Å². The molecule has 4 atom stereocenters. The fraction of sp³-hybridized carbons (Fsp3) is 0.509. The molecule has 17 nitrogen and oxygen atoms in total. The fourth-order valence-electron chi connectivity index (χ4n) is 13.1. The molecule has 4 N–H and O–H groups in total. The smallest absolute Gasteiger partial charge is 0.297 e. The Hall–Kier alpha value is -5.95. The van der Waals surface area contributed by atoms with Gasteiger partial charge >= 0.3 is 0 Å². The number of hydrogen-bond donors (Lipinski definition) is 4. The molecule has 7 aliphatic rings. The van der Waals surface area contributed by atoms with Gasteiger partial charge in [-0.15, -0.1) is 0 Å². The maximum atomic E-state index is 14.8. The first kappa shape index (κ1) is 46.1. The molecule has 1 amide bonds. The summed E-state index contributed by atoms with van der Waals surface area (Å²) in [6, 6.07) is 21.1. The third kappa shape index (κ3) is 8.43. The molecule has 2 aromatic heterocycles. The zero-order chi connectivity index (χ0) is 48.6. The van der Waals surface area contributed by atoms with Crippen LogP contribution in [0, 0.1) is 21.4 Å². The molecule has 7 heterocycles. The lowest BCUT2D eigenvalue weighted by molar-refractivity contribution is -0.384. The number of hydrogen-bond acceptors (Lipinski definition) is 14. The molecule has 0 radical (unpaired) electrons. The number of nitrogens with one attached hydrogen (secondary N) is 3. The minimum absolute atomic E-state index is 0.0136. The molecule has 0 unspecified atom stereocenters. The zero-order valence-electron chi connectivity index (χ0n) is 40.1. The summed E-state index contributed by atoms with van der Waals surface area (Å²) in [5.41, 5.74) is 5.61. The molecule has 1 spiro atoms. The van der Waals surface area contributed by atoms with Gasteiger partial charge in [-0.1, -0.05) is 31.2 Å². The number of anilines is 4. The summed E-state index contributed by atoms with van der Waals surface area (Å²) in [4.78, 5) is 41.5. The number of aromatic nitrogens is 2. The van der Waals surface area contributed by atoms with Gasteiger partial charge < -0.3 is 39.4 Å². The van der Waals surface area contributed by atoms with Gasteiger partial charge in [-0.2, -0.15) is 4.98 Å². The largest absolute Gasteiger partial charge is 0.489 e. The van der Waals surface area contributed by atoms with Crippen molar-refractivity contribution in [3.8, 4) is 11.6 Å². The van der Waals surface area contributed by atoms with Gasteiger partial charge in [0, 0.05) is 61.0 Å². The molecule has 2 saturated carbocycles. The van der Waals surface area contributed by atoms with Gasteiger partial charge in [0.2, 0.25) is 5.88 Å². The second-order valence-corrected chi connectivity index (χ2v) is 22.7. The number of H-pyrrole nitrogens is 1. The number of nitro benzene ring substituents is 1. The molecule has 374 valence electrons. The number of likely N-dealkylation sites (tertiary alicyclic amines) is 1. The predicted molar refractivity (Wildman–Crippen MR) is 268 cm³/mol. The number of nitro groups is 1. The summed E-state index contributed by atoms with van der Waals surface area (Å²) in [6.07, 6.45) is 12.4. The Kier molecular flexibility index (Phi) is 11.9. The van der Waals surface area contributed by atoms with Crippen molar-refractivity contribution in [2.45, 2.75) is 125 Å². The van der Waals surface area contributed by atoms with Crippen molar-refractivity contribution in [2.24, 2.45) is 11.3 Å². The van der Waals surface area contributed by atoms with Crippen LogP contribution in [0.15, 0.2) is 77.8 Å². The molecule has 5 fully saturated rings. The zero-order valence-corrected chi connectivity index (χ0v) is 40.9. The SMILES string of the molecule is CCc1ccccc1[C@@H]1CCCN1C1CC2(CCN(c3ccc(C(=O)NS(=O)(=O)c4cc5c(c([N+](=O)[O-])c4)N[C@H](C4CCC(O)CC4)CO5)c(N4c5cc6cc[nH]c6nc5O[C@H]5CCOC[C@@H]54)c3)CC2)C1. The molecule has 18 heteroatoms. The highest BCUT2D eigenvalue weighted by Gasteiger charge is 2.50. The minimum Gasteiger partial charge on any atom is -0.489 e. The monoisotopic (exact) mass is 986 g/mol. The van der Waals surface area contributed by atoms with Crippen molar-refractivity contribution in [3.63, 3.8) is 0 Å². The Morgan fingerprint density at radius 3 is 2.59 bits per heavy atom. The van der Waals surface area contributed by atoms with Crippen LogP contribution in [0.4, 0.5) is 28.4 Å². The third-order valence-corrected chi connectivity index (χ3v) is 18.3. The van der Waals surface area contributed by atoms with E-state index in [1.165, 1.54) is 42.9 Å².